The first-order chi connectivity index (χ1) is 14.8. The number of anilines is 3. The van der Waals surface area contributed by atoms with Gasteiger partial charge in [-0.2, -0.15) is 13.2 Å². The van der Waals surface area contributed by atoms with Crippen LogP contribution in [0.2, 0.25) is 5.02 Å². The zero-order chi connectivity index (χ0) is 22.4. The Labute approximate surface area is 189 Å². The maximum atomic E-state index is 13.1. The fourth-order valence-electron chi connectivity index (χ4n) is 2.46. The predicted molar refractivity (Wildman–Crippen MR) is 117 cm³/mol. The molecule has 2 aromatic carbocycles. The monoisotopic (exact) mass is 488 g/mol. The van der Waals surface area contributed by atoms with Crippen LogP contribution in [0.3, 0.4) is 0 Å². The van der Waals surface area contributed by atoms with Crippen LogP contribution < -0.4 is 15.4 Å². The minimum Gasteiger partial charge on any atom is -0.492 e. The number of nitrogens with zero attached hydrogens (tertiary/aromatic N) is 2. The van der Waals surface area contributed by atoms with Gasteiger partial charge in [0.1, 0.15) is 5.75 Å². The molecule has 0 atom stereocenters. The lowest BCUT2D eigenvalue weighted by Crippen LogP contribution is -2.18. The van der Waals surface area contributed by atoms with Crippen LogP contribution in [0.15, 0.2) is 46.8 Å². The summed E-state index contributed by atoms with van der Waals surface area (Å²) in [4.78, 5) is 12.2. The maximum absolute atomic E-state index is 13.1. The smallest absolute Gasteiger partial charge is 0.418 e. The number of para-hydroxylation sites is 2. The summed E-state index contributed by atoms with van der Waals surface area (Å²) in [5.74, 6) is -0.0779. The van der Waals surface area contributed by atoms with E-state index in [-0.39, 0.29) is 16.5 Å². The van der Waals surface area contributed by atoms with Crippen molar-refractivity contribution in [2.75, 3.05) is 23.0 Å². The van der Waals surface area contributed by atoms with Crippen molar-refractivity contribution in [3.05, 3.63) is 53.1 Å². The zero-order valence-corrected chi connectivity index (χ0v) is 18.4. The number of carbonyl (C=O) groups excluding carboxylic acids is 1. The van der Waals surface area contributed by atoms with Gasteiger partial charge >= 0.3 is 6.18 Å². The third-order valence-corrected chi connectivity index (χ3v) is 5.93. The highest BCUT2D eigenvalue weighted by molar-refractivity contribution is 8.01. The molecular formula is C19H16ClF3N4O2S2. The van der Waals surface area contributed by atoms with Gasteiger partial charge in [0.15, 0.2) is 4.34 Å². The van der Waals surface area contributed by atoms with Gasteiger partial charge in [0.2, 0.25) is 11.0 Å². The SMILES string of the molecule is CCOc1ccccc1Nc1nnc(SCC(=O)Nc2ccc(Cl)cc2C(F)(F)F)s1. The summed E-state index contributed by atoms with van der Waals surface area (Å²) in [5, 5.41) is 13.8. The van der Waals surface area contributed by atoms with Gasteiger partial charge in [0.05, 0.1) is 29.3 Å². The summed E-state index contributed by atoms with van der Waals surface area (Å²) in [6.07, 6.45) is -4.64. The highest BCUT2D eigenvalue weighted by Gasteiger charge is 2.34. The van der Waals surface area contributed by atoms with E-state index in [4.69, 9.17) is 16.3 Å². The summed E-state index contributed by atoms with van der Waals surface area (Å²) in [5.41, 5.74) is -0.638. The average molecular weight is 489 g/mol. The number of rotatable bonds is 8. The topological polar surface area (TPSA) is 76.1 Å². The molecular weight excluding hydrogens is 473 g/mol. The molecule has 164 valence electrons. The Morgan fingerprint density at radius 1 is 1.19 bits per heavy atom. The fraction of sp³-hybridized carbons (Fsp3) is 0.211. The number of aromatic nitrogens is 2. The highest BCUT2D eigenvalue weighted by Crippen LogP contribution is 2.37. The molecule has 0 aliphatic carbocycles. The number of ether oxygens (including phenoxy) is 1. The Kier molecular flexibility index (Phi) is 7.63. The first-order valence-electron chi connectivity index (χ1n) is 8.88. The predicted octanol–water partition coefficient (Wildman–Crippen LogP) is 6.08. The van der Waals surface area contributed by atoms with E-state index in [1.165, 1.54) is 17.4 Å². The summed E-state index contributed by atoms with van der Waals surface area (Å²) >= 11 is 7.92. The average Bonchev–Trinajstić information content (AvgIpc) is 3.16. The van der Waals surface area contributed by atoms with Gasteiger partial charge in [-0.1, -0.05) is 46.8 Å². The number of hydrogen-bond acceptors (Lipinski definition) is 7. The van der Waals surface area contributed by atoms with Gasteiger partial charge in [-0.3, -0.25) is 4.79 Å². The number of carbonyl (C=O) groups is 1. The second kappa shape index (κ2) is 10.2. The second-order valence-corrected chi connectivity index (χ2v) is 8.59. The van der Waals surface area contributed by atoms with E-state index in [9.17, 15) is 18.0 Å². The molecule has 0 saturated carbocycles. The quantitative estimate of drug-likeness (QED) is 0.374. The zero-order valence-electron chi connectivity index (χ0n) is 16.0. The lowest BCUT2D eigenvalue weighted by Gasteiger charge is -2.13. The molecule has 0 fully saturated rings. The molecule has 12 heteroatoms. The van der Waals surface area contributed by atoms with Crippen molar-refractivity contribution in [2.45, 2.75) is 17.4 Å². The van der Waals surface area contributed by atoms with E-state index in [2.05, 4.69) is 20.8 Å². The van der Waals surface area contributed by atoms with Gasteiger partial charge in [0.25, 0.3) is 0 Å². The Bertz CT molecular complexity index is 1060. The molecule has 3 rings (SSSR count). The minimum atomic E-state index is -4.64. The second-order valence-electron chi connectivity index (χ2n) is 5.95. The Morgan fingerprint density at radius 3 is 2.71 bits per heavy atom. The first-order valence-corrected chi connectivity index (χ1v) is 11.1. The van der Waals surface area contributed by atoms with Crippen LogP contribution in [-0.2, 0) is 11.0 Å². The number of amides is 1. The van der Waals surface area contributed by atoms with Crippen LogP contribution in [0, 0.1) is 0 Å². The van der Waals surface area contributed by atoms with E-state index in [1.807, 2.05) is 31.2 Å². The van der Waals surface area contributed by atoms with Crippen LogP contribution in [-0.4, -0.2) is 28.5 Å². The summed E-state index contributed by atoms with van der Waals surface area (Å²) in [6, 6.07) is 10.5. The van der Waals surface area contributed by atoms with Crippen molar-refractivity contribution >= 4 is 57.1 Å². The molecule has 0 aliphatic heterocycles. The molecule has 0 aliphatic rings. The Hall–Kier alpha value is -2.50. The van der Waals surface area contributed by atoms with Gasteiger partial charge < -0.3 is 15.4 Å². The minimum absolute atomic E-state index is 0.0699. The number of thioether (sulfide) groups is 1. The van der Waals surface area contributed by atoms with Gasteiger partial charge in [-0.15, -0.1) is 10.2 Å². The maximum Gasteiger partial charge on any atom is 0.418 e. The van der Waals surface area contributed by atoms with Crippen molar-refractivity contribution in [3.63, 3.8) is 0 Å². The molecule has 6 nitrogen and oxygen atoms in total. The number of hydrogen-bond donors (Lipinski definition) is 2. The van der Waals surface area contributed by atoms with Gasteiger partial charge in [-0.25, -0.2) is 0 Å². The van der Waals surface area contributed by atoms with Crippen molar-refractivity contribution in [1.29, 1.82) is 0 Å². The number of halogens is 4. The van der Waals surface area contributed by atoms with Crippen LogP contribution >= 0.6 is 34.7 Å². The summed E-state index contributed by atoms with van der Waals surface area (Å²) < 4.78 is 45.4. The third-order valence-electron chi connectivity index (χ3n) is 3.72. The van der Waals surface area contributed by atoms with Crippen LogP contribution in [0.5, 0.6) is 5.75 Å². The molecule has 1 aromatic heterocycles. The van der Waals surface area contributed by atoms with Gasteiger partial charge in [-0.05, 0) is 37.3 Å². The lowest BCUT2D eigenvalue weighted by atomic mass is 10.1. The third kappa shape index (κ3) is 6.49. The summed E-state index contributed by atoms with van der Waals surface area (Å²) in [6.45, 7) is 2.39. The van der Waals surface area contributed by atoms with Crippen LogP contribution in [0.4, 0.5) is 29.7 Å². The van der Waals surface area contributed by atoms with E-state index < -0.39 is 17.6 Å². The van der Waals surface area contributed by atoms with E-state index in [0.717, 1.165) is 29.6 Å². The fourth-order valence-corrected chi connectivity index (χ4v) is 4.20. The molecule has 0 saturated heterocycles. The molecule has 1 amide bonds. The van der Waals surface area contributed by atoms with Crippen molar-refractivity contribution < 1.29 is 22.7 Å². The van der Waals surface area contributed by atoms with Crippen molar-refractivity contribution in [3.8, 4) is 5.75 Å². The van der Waals surface area contributed by atoms with Crippen molar-refractivity contribution in [1.82, 2.24) is 10.2 Å². The van der Waals surface area contributed by atoms with E-state index in [0.29, 0.717) is 21.8 Å². The van der Waals surface area contributed by atoms with Crippen LogP contribution in [0.25, 0.3) is 0 Å². The summed E-state index contributed by atoms with van der Waals surface area (Å²) in [7, 11) is 0. The Balaban J connectivity index is 1.60. The number of alkyl halides is 3. The molecule has 3 aromatic rings. The van der Waals surface area contributed by atoms with Crippen LogP contribution in [0.1, 0.15) is 12.5 Å². The Morgan fingerprint density at radius 2 is 1.97 bits per heavy atom. The highest BCUT2D eigenvalue weighted by atomic mass is 35.5. The molecule has 0 unspecified atom stereocenters. The molecule has 2 N–H and O–H groups in total. The lowest BCUT2D eigenvalue weighted by molar-refractivity contribution is -0.137. The van der Waals surface area contributed by atoms with Crippen molar-refractivity contribution in [2.24, 2.45) is 0 Å². The van der Waals surface area contributed by atoms with E-state index >= 15 is 0 Å². The molecule has 31 heavy (non-hydrogen) atoms. The number of nitrogens with one attached hydrogen (secondary N) is 2. The largest absolute Gasteiger partial charge is 0.492 e. The molecule has 1 heterocycles. The van der Waals surface area contributed by atoms with E-state index in [1.54, 1.807) is 0 Å². The number of benzene rings is 2. The molecule has 0 spiro atoms. The normalized spacial score (nSPS) is 11.3. The molecule has 0 radical (unpaired) electrons. The standard InChI is InChI=1S/C19H16ClF3N4O2S2/c1-2-29-15-6-4-3-5-14(15)25-17-26-27-18(31-17)30-10-16(28)24-13-8-7-11(20)9-12(13)19(21,22)23/h3-9H,2,10H2,1H3,(H,24,28)(H,25,26). The molecule has 0 bridgehead atoms. The van der Waals surface area contributed by atoms with Gasteiger partial charge in [0, 0.05) is 5.02 Å². The first kappa shape index (κ1) is 23.2.